The number of amides is 2. The first-order chi connectivity index (χ1) is 24.3. The molecule has 11 nitrogen and oxygen atoms in total. The summed E-state index contributed by atoms with van der Waals surface area (Å²) in [6.07, 6.45) is 3.63. The van der Waals surface area contributed by atoms with E-state index in [0.717, 1.165) is 44.1 Å². The zero-order valence-corrected chi connectivity index (χ0v) is 32.0. The van der Waals surface area contributed by atoms with Gasteiger partial charge in [0, 0.05) is 42.8 Å². The van der Waals surface area contributed by atoms with Crippen molar-refractivity contribution in [3.8, 4) is 11.7 Å². The molecule has 4 rings (SSSR count). The average molecular weight is 768 g/mol. The van der Waals surface area contributed by atoms with Crippen LogP contribution in [0.15, 0.2) is 54.4 Å². The zero-order chi connectivity index (χ0) is 38.3. The fourth-order valence-corrected chi connectivity index (χ4v) is 6.81. The Balaban J connectivity index is 1.15. The highest BCUT2D eigenvalue weighted by molar-refractivity contribution is 8.13. The maximum atomic E-state index is 13.1. The van der Waals surface area contributed by atoms with Gasteiger partial charge < -0.3 is 19.7 Å². The van der Waals surface area contributed by atoms with E-state index >= 15 is 0 Å². The summed E-state index contributed by atoms with van der Waals surface area (Å²) in [6, 6.07) is 4.53. The van der Waals surface area contributed by atoms with Crippen molar-refractivity contribution in [2.45, 2.75) is 103 Å². The van der Waals surface area contributed by atoms with Crippen LogP contribution in [0.5, 0.6) is 5.88 Å². The summed E-state index contributed by atoms with van der Waals surface area (Å²) < 4.78 is 54.5. The minimum absolute atomic E-state index is 0.0744. The number of halogens is 4. The lowest BCUT2D eigenvalue weighted by atomic mass is 9.93. The number of aliphatic imine (C=N–C) groups is 1. The molecular formula is C36H49ClF3N7O4S. The van der Waals surface area contributed by atoms with Crippen molar-refractivity contribution in [2.75, 3.05) is 19.7 Å². The number of hydrogen-bond donors (Lipinski definition) is 2. The molecule has 16 heteroatoms. The normalized spacial score (nSPS) is 18.1. The Hall–Kier alpha value is -3.72. The molecule has 52 heavy (non-hydrogen) atoms. The number of hydrogen-bond acceptors (Lipinski definition) is 9. The molecule has 1 unspecified atom stereocenters. The molecule has 1 saturated carbocycles. The van der Waals surface area contributed by atoms with Gasteiger partial charge in [-0.1, -0.05) is 37.6 Å². The van der Waals surface area contributed by atoms with Crippen molar-refractivity contribution < 1.29 is 32.2 Å². The third-order valence-corrected chi connectivity index (χ3v) is 10.1. The number of nitrogens with one attached hydrogen (secondary N) is 2. The molecule has 3 heterocycles. The number of rotatable bonds is 15. The summed E-state index contributed by atoms with van der Waals surface area (Å²) in [5.41, 5.74) is -2.28. The van der Waals surface area contributed by atoms with Crippen LogP contribution in [0.3, 0.4) is 0 Å². The van der Waals surface area contributed by atoms with Gasteiger partial charge in [-0.3, -0.25) is 9.52 Å². The number of nitrogens with zero attached hydrogens (tertiary/aromatic N) is 5. The Morgan fingerprint density at radius 1 is 1.17 bits per heavy atom. The molecule has 2 N–H and O–H groups in total. The van der Waals surface area contributed by atoms with Crippen molar-refractivity contribution in [1.82, 2.24) is 29.7 Å². The van der Waals surface area contributed by atoms with E-state index in [1.807, 2.05) is 25.7 Å². The molecule has 2 amide bonds. The highest BCUT2D eigenvalue weighted by Crippen LogP contribution is 2.59. The first-order valence-corrected chi connectivity index (χ1v) is 18.6. The van der Waals surface area contributed by atoms with E-state index in [1.165, 1.54) is 35.2 Å². The highest BCUT2D eigenvalue weighted by atomic mass is 35.5. The second kappa shape index (κ2) is 17.0. The summed E-state index contributed by atoms with van der Waals surface area (Å²) in [5.74, 6) is 0.807. The van der Waals surface area contributed by atoms with Gasteiger partial charge in [0.05, 0.1) is 17.6 Å². The molecule has 1 saturated heterocycles. The minimum atomic E-state index is -4.23. The van der Waals surface area contributed by atoms with Crippen LogP contribution in [0.4, 0.5) is 18.0 Å². The molecule has 0 aromatic carbocycles. The number of carbonyl (C=O) groups is 2. The summed E-state index contributed by atoms with van der Waals surface area (Å²) in [6.45, 7) is 18.8. The molecule has 2 fully saturated rings. The van der Waals surface area contributed by atoms with Crippen molar-refractivity contribution >= 4 is 40.6 Å². The van der Waals surface area contributed by atoms with Crippen LogP contribution in [0, 0.1) is 11.3 Å². The van der Waals surface area contributed by atoms with Crippen molar-refractivity contribution in [3.05, 3.63) is 60.2 Å². The van der Waals surface area contributed by atoms with Crippen molar-refractivity contribution in [2.24, 2.45) is 16.3 Å². The van der Waals surface area contributed by atoms with Gasteiger partial charge in [0.2, 0.25) is 5.88 Å². The fraction of sp³-hybridized carbons (Fsp3) is 0.583. The predicted molar refractivity (Wildman–Crippen MR) is 198 cm³/mol. The summed E-state index contributed by atoms with van der Waals surface area (Å²) in [7, 11) is 0. The van der Waals surface area contributed by atoms with Crippen LogP contribution >= 0.6 is 23.5 Å². The maximum Gasteiger partial charge on any atom is 0.410 e. The van der Waals surface area contributed by atoms with Crippen LogP contribution in [0.25, 0.3) is 5.82 Å². The van der Waals surface area contributed by atoms with Crippen LogP contribution in [0.1, 0.15) is 96.3 Å². The van der Waals surface area contributed by atoms with E-state index < -0.39 is 23.1 Å². The van der Waals surface area contributed by atoms with Crippen molar-refractivity contribution in [3.63, 3.8) is 0 Å². The Morgan fingerprint density at radius 2 is 1.90 bits per heavy atom. The monoisotopic (exact) mass is 767 g/mol. The first kappa shape index (κ1) is 41.0. The smallest absolute Gasteiger partial charge is 0.410 e. The van der Waals surface area contributed by atoms with Crippen LogP contribution < -0.4 is 14.8 Å². The quantitative estimate of drug-likeness (QED) is 0.0607. The lowest BCUT2D eigenvalue weighted by Gasteiger charge is -2.33. The second-order valence-corrected chi connectivity index (χ2v) is 16.1. The highest BCUT2D eigenvalue weighted by Gasteiger charge is 2.62. The minimum Gasteiger partial charge on any atom is -0.477 e. The molecule has 1 aliphatic heterocycles. The zero-order valence-electron chi connectivity index (χ0n) is 30.4. The van der Waals surface area contributed by atoms with Gasteiger partial charge in [0.15, 0.2) is 5.82 Å². The molecule has 2 aromatic rings. The third kappa shape index (κ3) is 11.4. The molecule has 0 radical (unpaired) electrons. The summed E-state index contributed by atoms with van der Waals surface area (Å²) in [4.78, 5) is 36.1. The van der Waals surface area contributed by atoms with E-state index in [-0.39, 0.29) is 54.1 Å². The molecule has 286 valence electrons. The topological polar surface area (TPSA) is 123 Å². The first-order valence-electron chi connectivity index (χ1n) is 17.4. The van der Waals surface area contributed by atoms with Gasteiger partial charge in [0.1, 0.15) is 21.6 Å². The predicted octanol–water partition coefficient (Wildman–Crippen LogP) is 8.65. The Bertz CT molecular complexity index is 1640. The number of carbonyl (C=O) groups excluding carboxylic acids is 2. The van der Waals surface area contributed by atoms with E-state index in [9.17, 15) is 22.8 Å². The summed E-state index contributed by atoms with van der Waals surface area (Å²) in [5, 5.41) is 7.73. The largest absolute Gasteiger partial charge is 0.477 e. The Labute approximate surface area is 313 Å². The summed E-state index contributed by atoms with van der Waals surface area (Å²) >= 11 is 7.28. The molecular weight excluding hydrogens is 719 g/mol. The SMILES string of the molecule is C=C/C(=N\C(=C)NCCCCCC1CN(C(=O)OC(C)(C)C)C(C)(C)C1)SNC(=O)c1ccc(-n2ccc(OCCC3(C(F)(F)F)CC3)n2)nc1Cl. The Kier molecular flexibility index (Phi) is 13.4. The van der Waals surface area contributed by atoms with E-state index in [4.69, 9.17) is 21.1 Å². The van der Waals surface area contributed by atoms with Crippen molar-refractivity contribution in [1.29, 1.82) is 0 Å². The van der Waals surface area contributed by atoms with Crippen LogP contribution in [0.2, 0.25) is 5.15 Å². The maximum absolute atomic E-state index is 13.1. The van der Waals surface area contributed by atoms with Gasteiger partial charge in [-0.05, 0) is 97.3 Å². The molecule has 0 bridgehead atoms. The second-order valence-electron chi connectivity index (χ2n) is 14.9. The lowest BCUT2D eigenvalue weighted by Crippen LogP contribution is -2.45. The number of ether oxygens (including phenoxy) is 2. The average Bonchev–Trinajstić information content (AvgIpc) is 3.59. The molecule has 0 spiro atoms. The van der Waals surface area contributed by atoms with E-state index in [0.29, 0.717) is 35.7 Å². The van der Waals surface area contributed by atoms with E-state index in [1.54, 1.807) is 0 Å². The molecule has 2 aromatic heterocycles. The van der Waals surface area contributed by atoms with Crippen LogP contribution in [-0.4, -0.2) is 73.7 Å². The lowest BCUT2D eigenvalue weighted by molar-refractivity contribution is -0.190. The third-order valence-electron chi connectivity index (χ3n) is 9.02. The fourth-order valence-electron chi connectivity index (χ4n) is 6.03. The molecule has 2 aliphatic rings. The number of likely N-dealkylation sites (tertiary alicyclic amines) is 1. The van der Waals surface area contributed by atoms with Gasteiger partial charge in [-0.25, -0.2) is 19.5 Å². The number of alkyl halides is 3. The van der Waals surface area contributed by atoms with Gasteiger partial charge in [-0.2, -0.15) is 13.2 Å². The molecule has 1 atom stereocenters. The van der Waals surface area contributed by atoms with E-state index in [2.05, 4.69) is 52.1 Å². The number of pyridine rings is 1. The Morgan fingerprint density at radius 3 is 2.54 bits per heavy atom. The van der Waals surface area contributed by atoms with Crippen LogP contribution in [-0.2, 0) is 4.74 Å². The number of aromatic nitrogens is 3. The standard InChI is InChI=1S/C36H49ClF3N7O4S/c1-8-29(42-24(2)41-19-11-9-10-12-25-22-34(6,7)46(23-25)32(49)51-33(3,4)5)52-45-31(48)26-13-14-27(43-30(26)37)47-20-15-28(44-47)50-21-18-35(16-17-35)36(38,39)40/h8,13-15,20,25,41H,1-2,9-12,16-19,21-23H2,3-7H3,(H,45,48)/b42-29+. The number of unbranched alkanes of at least 4 members (excludes halogenated alkanes) is 2. The molecule has 1 aliphatic carbocycles. The van der Waals surface area contributed by atoms with Gasteiger partial charge in [0.25, 0.3) is 5.91 Å². The van der Waals surface area contributed by atoms with Gasteiger partial charge >= 0.3 is 12.3 Å². The van der Waals surface area contributed by atoms with Gasteiger partial charge in [-0.15, -0.1) is 5.10 Å².